The Balaban J connectivity index is 1.67. The molecule has 0 spiro atoms. The number of nitriles is 1. The number of carbonyl (C=O) groups excluding carboxylic acids is 2. The highest BCUT2D eigenvalue weighted by atomic mass is 35.5. The molecule has 2 aromatic rings. The highest BCUT2D eigenvalue weighted by Gasteiger charge is 2.44. The summed E-state index contributed by atoms with van der Waals surface area (Å²) in [6.07, 6.45) is 3.23. The zero-order valence-corrected chi connectivity index (χ0v) is 15.5. The molecule has 1 saturated carbocycles. The van der Waals surface area contributed by atoms with E-state index >= 15 is 0 Å². The first-order valence-electron chi connectivity index (χ1n) is 8.77. The van der Waals surface area contributed by atoms with Gasteiger partial charge in [0, 0.05) is 5.02 Å². The van der Waals surface area contributed by atoms with Crippen molar-refractivity contribution < 1.29 is 14.3 Å². The molecule has 1 amide bonds. The van der Waals surface area contributed by atoms with E-state index in [4.69, 9.17) is 21.6 Å². The van der Waals surface area contributed by atoms with E-state index in [2.05, 4.69) is 5.32 Å². The summed E-state index contributed by atoms with van der Waals surface area (Å²) in [5, 5.41) is 12.3. The van der Waals surface area contributed by atoms with Crippen LogP contribution in [0, 0.1) is 11.3 Å². The molecule has 1 aliphatic rings. The van der Waals surface area contributed by atoms with Crippen molar-refractivity contribution in [3.8, 4) is 6.07 Å². The summed E-state index contributed by atoms with van der Waals surface area (Å²) >= 11 is 5.96. The molecule has 0 aliphatic heterocycles. The number of hydrogen-bond donors (Lipinski definition) is 1. The van der Waals surface area contributed by atoms with Crippen LogP contribution in [0.15, 0.2) is 48.5 Å². The highest BCUT2D eigenvalue weighted by molar-refractivity contribution is 6.30. The van der Waals surface area contributed by atoms with Crippen LogP contribution in [0.1, 0.15) is 36.8 Å². The van der Waals surface area contributed by atoms with Crippen molar-refractivity contribution in [3.63, 3.8) is 0 Å². The van der Waals surface area contributed by atoms with Crippen LogP contribution in [0.4, 0.5) is 5.69 Å². The number of anilines is 1. The Morgan fingerprint density at radius 3 is 2.44 bits per heavy atom. The van der Waals surface area contributed by atoms with Gasteiger partial charge in [-0.15, -0.1) is 0 Å². The number of rotatable bonds is 5. The van der Waals surface area contributed by atoms with Gasteiger partial charge in [-0.05, 0) is 42.7 Å². The predicted molar refractivity (Wildman–Crippen MR) is 102 cm³/mol. The lowest BCUT2D eigenvalue weighted by Gasteiger charge is -2.27. The van der Waals surface area contributed by atoms with Crippen molar-refractivity contribution in [3.05, 3.63) is 64.7 Å². The number of hydrogen-bond acceptors (Lipinski definition) is 4. The molecule has 0 atom stereocenters. The third-order valence-electron chi connectivity index (χ3n) is 4.90. The fourth-order valence-corrected chi connectivity index (χ4v) is 3.63. The molecule has 3 rings (SSSR count). The smallest absolute Gasteiger partial charge is 0.317 e. The van der Waals surface area contributed by atoms with Crippen LogP contribution in [0.25, 0.3) is 0 Å². The van der Waals surface area contributed by atoms with Gasteiger partial charge >= 0.3 is 5.97 Å². The SMILES string of the molecule is N#Cc1ccccc1NC(=O)COC(=O)C1(c2ccc(Cl)cc2)CCCC1. The zero-order valence-electron chi connectivity index (χ0n) is 14.7. The van der Waals surface area contributed by atoms with E-state index in [1.807, 2.05) is 18.2 Å². The summed E-state index contributed by atoms with van der Waals surface area (Å²) in [4.78, 5) is 25.0. The van der Waals surface area contributed by atoms with E-state index < -0.39 is 23.9 Å². The summed E-state index contributed by atoms with van der Waals surface area (Å²) in [5.74, 6) is -0.874. The third kappa shape index (κ3) is 4.12. The summed E-state index contributed by atoms with van der Waals surface area (Å²) in [6.45, 7) is -0.395. The van der Waals surface area contributed by atoms with Crippen LogP contribution in [0.2, 0.25) is 5.02 Å². The van der Waals surface area contributed by atoms with Crippen LogP contribution in [0.3, 0.4) is 0 Å². The molecule has 2 aromatic carbocycles. The summed E-state index contributed by atoms with van der Waals surface area (Å²) in [5.41, 5.74) is 0.889. The van der Waals surface area contributed by atoms with Crippen molar-refractivity contribution in [2.75, 3.05) is 11.9 Å². The Morgan fingerprint density at radius 1 is 1.11 bits per heavy atom. The molecule has 0 unspecified atom stereocenters. The first-order valence-corrected chi connectivity index (χ1v) is 9.15. The zero-order chi connectivity index (χ0) is 19.3. The van der Waals surface area contributed by atoms with E-state index in [1.54, 1.807) is 36.4 Å². The largest absolute Gasteiger partial charge is 0.455 e. The van der Waals surface area contributed by atoms with Crippen molar-refractivity contribution >= 4 is 29.2 Å². The normalized spacial score (nSPS) is 15.0. The Bertz CT molecular complexity index is 881. The van der Waals surface area contributed by atoms with E-state index in [1.165, 1.54) is 0 Å². The Morgan fingerprint density at radius 2 is 1.78 bits per heavy atom. The van der Waals surface area contributed by atoms with Crippen LogP contribution in [-0.2, 0) is 19.7 Å². The first-order chi connectivity index (χ1) is 13.0. The quantitative estimate of drug-likeness (QED) is 0.786. The molecule has 0 bridgehead atoms. The van der Waals surface area contributed by atoms with Gasteiger partial charge < -0.3 is 10.1 Å². The van der Waals surface area contributed by atoms with Crippen molar-refractivity contribution in [2.24, 2.45) is 0 Å². The molecule has 1 N–H and O–H groups in total. The van der Waals surface area contributed by atoms with E-state index in [9.17, 15) is 9.59 Å². The molecule has 6 heteroatoms. The van der Waals surface area contributed by atoms with Gasteiger partial charge in [-0.1, -0.05) is 48.7 Å². The second-order valence-corrected chi connectivity index (χ2v) is 7.01. The van der Waals surface area contributed by atoms with Crippen LogP contribution >= 0.6 is 11.6 Å². The number of nitrogens with zero attached hydrogens (tertiary/aromatic N) is 1. The highest BCUT2D eigenvalue weighted by Crippen LogP contribution is 2.42. The average molecular weight is 383 g/mol. The lowest BCUT2D eigenvalue weighted by molar-refractivity contribution is -0.153. The number of ether oxygens (including phenoxy) is 1. The average Bonchev–Trinajstić information content (AvgIpc) is 3.18. The van der Waals surface area contributed by atoms with E-state index in [-0.39, 0.29) is 0 Å². The lowest BCUT2D eigenvalue weighted by atomic mass is 9.79. The van der Waals surface area contributed by atoms with E-state index in [0.29, 0.717) is 29.1 Å². The maximum Gasteiger partial charge on any atom is 0.317 e. The molecule has 0 radical (unpaired) electrons. The van der Waals surface area contributed by atoms with Gasteiger partial charge in [0.2, 0.25) is 0 Å². The number of nitrogens with one attached hydrogen (secondary N) is 1. The molecule has 5 nitrogen and oxygen atoms in total. The minimum absolute atomic E-state index is 0.352. The molecular formula is C21H19ClN2O3. The number of amides is 1. The van der Waals surface area contributed by atoms with Gasteiger partial charge in [0.05, 0.1) is 16.7 Å². The molecule has 1 aliphatic carbocycles. The van der Waals surface area contributed by atoms with Crippen molar-refractivity contribution in [1.29, 1.82) is 5.26 Å². The molecule has 1 fully saturated rings. The monoisotopic (exact) mass is 382 g/mol. The van der Waals surface area contributed by atoms with Crippen molar-refractivity contribution in [1.82, 2.24) is 0 Å². The van der Waals surface area contributed by atoms with Gasteiger partial charge in [-0.2, -0.15) is 5.26 Å². The standard InChI is InChI=1S/C21H19ClN2O3/c22-17-9-7-16(8-10-17)21(11-3-4-12-21)20(26)27-14-19(25)24-18-6-2-1-5-15(18)13-23/h1-2,5-10H,3-4,11-12,14H2,(H,24,25). The second kappa shape index (κ2) is 8.24. The number of carbonyl (C=O) groups is 2. The second-order valence-electron chi connectivity index (χ2n) is 6.58. The van der Waals surface area contributed by atoms with Gasteiger partial charge in [0.1, 0.15) is 6.07 Å². The van der Waals surface area contributed by atoms with Crippen LogP contribution in [-0.4, -0.2) is 18.5 Å². The Hall–Kier alpha value is -2.84. The van der Waals surface area contributed by atoms with Crippen LogP contribution in [0.5, 0.6) is 0 Å². The summed E-state index contributed by atoms with van der Waals surface area (Å²) in [7, 11) is 0. The van der Waals surface area contributed by atoms with Crippen LogP contribution < -0.4 is 5.32 Å². The minimum Gasteiger partial charge on any atom is -0.455 e. The predicted octanol–water partition coefficient (Wildman–Crippen LogP) is 4.21. The fraction of sp³-hybridized carbons (Fsp3) is 0.286. The van der Waals surface area contributed by atoms with Gasteiger partial charge in [-0.3, -0.25) is 9.59 Å². The molecule has 0 aromatic heterocycles. The number of halogens is 1. The minimum atomic E-state index is -0.727. The maximum atomic E-state index is 12.8. The Labute approximate surface area is 162 Å². The lowest BCUT2D eigenvalue weighted by Crippen LogP contribution is -2.36. The molecule has 27 heavy (non-hydrogen) atoms. The summed E-state index contributed by atoms with van der Waals surface area (Å²) < 4.78 is 5.35. The third-order valence-corrected chi connectivity index (χ3v) is 5.15. The topological polar surface area (TPSA) is 79.2 Å². The van der Waals surface area contributed by atoms with Gasteiger partial charge in [0.25, 0.3) is 5.91 Å². The summed E-state index contributed by atoms with van der Waals surface area (Å²) in [6, 6.07) is 15.9. The Kier molecular flexibility index (Phi) is 5.78. The van der Waals surface area contributed by atoms with Gasteiger partial charge in [0.15, 0.2) is 6.61 Å². The molecular weight excluding hydrogens is 364 g/mol. The van der Waals surface area contributed by atoms with Gasteiger partial charge in [-0.25, -0.2) is 0 Å². The molecule has 0 heterocycles. The fourth-order valence-electron chi connectivity index (χ4n) is 3.50. The molecule has 0 saturated heterocycles. The number of esters is 1. The van der Waals surface area contributed by atoms with Crippen molar-refractivity contribution in [2.45, 2.75) is 31.1 Å². The number of para-hydroxylation sites is 1. The maximum absolute atomic E-state index is 12.8. The molecule has 138 valence electrons. The number of benzene rings is 2. The van der Waals surface area contributed by atoms with E-state index in [0.717, 1.165) is 18.4 Å². The first kappa shape index (κ1) is 18.9.